The molecule has 0 saturated heterocycles. The summed E-state index contributed by atoms with van der Waals surface area (Å²) in [4.78, 5) is 14.4. The summed E-state index contributed by atoms with van der Waals surface area (Å²) in [7, 11) is 3.40. The van der Waals surface area contributed by atoms with Crippen LogP contribution in [0.25, 0.3) is 10.8 Å². The molecular weight excluding hydrogens is 296 g/mol. The highest BCUT2D eigenvalue weighted by atomic mass is 16.4. The number of anilines is 2. The number of aromatic hydroxyl groups is 1. The minimum absolute atomic E-state index is 0.121. The second-order valence-electron chi connectivity index (χ2n) is 5.37. The highest BCUT2D eigenvalue weighted by molar-refractivity contribution is 6.11. The molecule has 0 aromatic heterocycles. The van der Waals surface area contributed by atoms with Gasteiger partial charge in [0.25, 0.3) is 0 Å². The first-order chi connectivity index (χ1) is 10.9. The third-order valence-electron chi connectivity index (χ3n) is 3.61. The average Bonchev–Trinajstić information content (AvgIpc) is 2.52. The van der Waals surface area contributed by atoms with Crippen molar-refractivity contribution in [2.24, 2.45) is 5.11 Å². The van der Waals surface area contributed by atoms with Crippen molar-refractivity contribution in [2.45, 2.75) is 13.3 Å². The van der Waals surface area contributed by atoms with Crippen molar-refractivity contribution in [3.05, 3.63) is 24.3 Å². The topological polar surface area (TPSA) is 98.7 Å². The lowest BCUT2D eigenvalue weighted by Crippen LogP contribution is -2.31. The van der Waals surface area contributed by atoms with Gasteiger partial charge in [-0.3, -0.25) is 4.90 Å². The van der Waals surface area contributed by atoms with Gasteiger partial charge in [-0.25, -0.2) is 4.79 Å². The van der Waals surface area contributed by atoms with E-state index in [0.717, 1.165) is 4.90 Å². The Morgan fingerprint density at radius 3 is 2.30 bits per heavy atom. The number of phenols is 1. The number of benzene rings is 2. The predicted octanol–water partition coefficient (Wildman–Crippen LogP) is 3.39. The molecule has 0 aliphatic rings. The van der Waals surface area contributed by atoms with Gasteiger partial charge in [0, 0.05) is 31.4 Å². The van der Waals surface area contributed by atoms with Gasteiger partial charge in [0.2, 0.25) is 0 Å². The average molecular weight is 315 g/mol. The number of fused-ring (bicyclic) bond motifs is 1. The van der Waals surface area contributed by atoms with E-state index in [1.165, 1.54) is 0 Å². The van der Waals surface area contributed by atoms with E-state index in [4.69, 9.17) is 0 Å². The molecule has 0 atom stereocenters. The van der Waals surface area contributed by atoms with Crippen LogP contribution in [0.4, 0.5) is 21.9 Å². The lowest BCUT2D eigenvalue weighted by Gasteiger charge is -2.28. The molecule has 2 aromatic carbocycles. The van der Waals surface area contributed by atoms with E-state index >= 15 is 0 Å². The fourth-order valence-electron chi connectivity index (χ4n) is 2.68. The van der Waals surface area contributed by atoms with Gasteiger partial charge in [0.05, 0.1) is 5.69 Å². The van der Waals surface area contributed by atoms with Crippen molar-refractivity contribution in [1.29, 1.82) is 0 Å². The van der Waals surface area contributed by atoms with Crippen LogP contribution in [0.1, 0.15) is 13.3 Å². The van der Waals surface area contributed by atoms with Crippen molar-refractivity contribution in [2.75, 3.05) is 30.4 Å². The maximum Gasteiger partial charge on any atom is 0.412 e. The van der Waals surface area contributed by atoms with Crippen molar-refractivity contribution in [3.63, 3.8) is 0 Å². The Morgan fingerprint density at radius 1 is 1.22 bits per heavy atom. The summed E-state index contributed by atoms with van der Waals surface area (Å²) in [6.07, 6.45) is -0.596. The van der Waals surface area contributed by atoms with Crippen LogP contribution in [0.15, 0.2) is 29.4 Å². The Morgan fingerprint density at radius 2 is 1.83 bits per heavy atom. The van der Waals surface area contributed by atoms with E-state index in [-0.39, 0.29) is 23.7 Å². The van der Waals surface area contributed by atoms with Crippen LogP contribution < -0.4 is 15.3 Å². The molecule has 0 spiro atoms. The molecule has 0 fully saturated rings. The van der Waals surface area contributed by atoms with Gasteiger partial charge in [-0.1, -0.05) is 31.2 Å². The number of carbonyl (C=O) groups is 1. The second-order valence-corrected chi connectivity index (χ2v) is 5.37. The summed E-state index contributed by atoms with van der Waals surface area (Å²) < 4.78 is 0. The molecular formula is C16H19N4O3. The maximum absolute atomic E-state index is 11.7. The lowest BCUT2D eigenvalue weighted by atomic mass is 10.0. The summed E-state index contributed by atoms with van der Waals surface area (Å²) in [5, 5.41) is 24.5. The highest BCUT2D eigenvalue weighted by Crippen LogP contribution is 2.50. The molecule has 2 rings (SSSR count). The number of rotatable bonds is 5. The molecule has 0 bridgehead atoms. The molecule has 2 aromatic rings. The van der Waals surface area contributed by atoms with Crippen LogP contribution in [0, 0.1) is 0 Å². The Hall–Kier alpha value is -2.83. The van der Waals surface area contributed by atoms with E-state index in [9.17, 15) is 20.5 Å². The molecule has 0 heterocycles. The van der Waals surface area contributed by atoms with E-state index in [1.807, 2.05) is 6.92 Å². The van der Waals surface area contributed by atoms with Gasteiger partial charge in [-0.05, 0) is 12.0 Å². The molecule has 121 valence electrons. The highest BCUT2D eigenvalue weighted by Gasteiger charge is 2.27. The summed E-state index contributed by atoms with van der Waals surface area (Å²) in [5.74, 6) is -0.146. The molecule has 0 aliphatic heterocycles. The normalized spacial score (nSPS) is 10.6. The molecule has 7 heteroatoms. The molecule has 0 saturated carbocycles. The van der Waals surface area contributed by atoms with Crippen molar-refractivity contribution in [3.8, 4) is 5.75 Å². The van der Waals surface area contributed by atoms with Crippen molar-refractivity contribution >= 4 is 33.9 Å². The summed E-state index contributed by atoms with van der Waals surface area (Å²) in [6, 6.07) is 6.86. The quantitative estimate of drug-likeness (QED) is 0.826. The Labute approximate surface area is 134 Å². The summed E-state index contributed by atoms with van der Waals surface area (Å²) >= 11 is 0. The number of nitrogens with zero attached hydrogens (tertiary/aromatic N) is 4. The minimum atomic E-state index is -1.18. The smallest absolute Gasteiger partial charge is 0.412 e. The zero-order chi connectivity index (χ0) is 17.1. The predicted molar refractivity (Wildman–Crippen MR) is 89.8 cm³/mol. The van der Waals surface area contributed by atoms with E-state index in [1.54, 1.807) is 43.3 Å². The van der Waals surface area contributed by atoms with Crippen molar-refractivity contribution < 1.29 is 15.0 Å². The third kappa shape index (κ3) is 2.77. The van der Waals surface area contributed by atoms with Crippen LogP contribution in [0.2, 0.25) is 0 Å². The molecule has 0 unspecified atom stereocenters. The second kappa shape index (κ2) is 6.51. The van der Waals surface area contributed by atoms with Crippen LogP contribution in [-0.4, -0.2) is 36.9 Å². The van der Waals surface area contributed by atoms with Gasteiger partial charge < -0.3 is 15.1 Å². The van der Waals surface area contributed by atoms with Gasteiger partial charge in [0.15, 0.2) is 0 Å². The number of carboxylic acid groups (broad SMARTS) is 1. The first-order valence-electron chi connectivity index (χ1n) is 7.24. The Bertz CT molecular complexity index is 759. The molecule has 1 amide bonds. The van der Waals surface area contributed by atoms with Crippen LogP contribution in [-0.2, 0) is 0 Å². The lowest BCUT2D eigenvalue weighted by molar-refractivity contribution is 0.201. The molecule has 1 radical (unpaired) electrons. The minimum Gasteiger partial charge on any atom is -0.505 e. The van der Waals surface area contributed by atoms with Crippen molar-refractivity contribution in [1.82, 2.24) is 5.53 Å². The van der Waals surface area contributed by atoms with Gasteiger partial charge in [-0.2, -0.15) is 0 Å². The van der Waals surface area contributed by atoms with E-state index in [2.05, 4.69) is 5.11 Å². The number of phenolic OH excluding ortho intramolecular Hbond substituents is 1. The fourth-order valence-corrected chi connectivity index (χ4v) is 2.68. The standard InChI is InChI=1S/C16H19N4O3/c1-4-9-20(16(22)23)14-13(19(2)3)12(18-17)10-7-5-6-8-11(10)15(14)21/h5-8,21H,4,9H2,1-3H3,(H,22,23). The largest absolute Gasteiger partial charge is 0.505 e. The van der Waals surface area contributed by atoms with E-state index < -0.39 is 6.09 Å². The first kappa shape index (κ1) is 16.5. The maximum atomic E-state index is 11.7. The summed E-state index contributed by atoms with van der Waals surface area (Å²) in [6.45, 7) is 2.06. The van der Waals surface area contributed by atoms with Gasteiger partial charge in [-0.15, -0.1) is 5.11 Å². The fraction of sp³-hybridized carbons (Fsp3) is 0.312. The Balaban J connectivity index is 2.96. The van der Waals surface area contributed by atoms with Gasteiger partial charge >= 0.3 is 6.09 Å². The molecule has 23 heavy (non-hydrogen) atoms. The monoisotopic (exact) mass is 315 g/mol. The van der Waals surface area contributed by atoms with Gasteiger partial charge in [0.1, 0.15) is 17.1 Å². The first-order valence-corrected chi connectivity index (χ1v) is 7.24. The van der Waals surface area contributed by atoms with Crippen LogP contribution in [0.3, 0.4) is 0 Å². The summed E-state index contributed by atoms with van der Waals surface area (Å²) in [5.41, 5.74) is 10.2. The Kier molecular flexibility index (Phi) is 4.68. The molecule has 7 nitrogen and oxygen atoms in total. The molecule has 2 N–H and O–H groups in total. The number of hydrogen-bond donors (Lipinski definition) is 2. The van der Waals surface area contributed by atoms with Crippen LogP contribution in [0.5, 0.6) is 5.75 Å². The molecule has 0 aliphatic carbocycles. The number of hydrogen-bond acceptors (Lipinski definition) is 4. The number of amides is 1. The SMILES string of the molecule is CCCN(C(=O)O)c1c(N(C)C)c(N=[N])c2ccccc2c1O. The van der Waals surface area contributed by atoms with E-state index in [0.29, 0.717) is 22.9 Å². The zero-order valence-corrected chi connectivity index (χ0v) is 13.3. The van der Waals surface area contributed by atoms with Crippen LogP contribution >= 0.6 is 0 Å². The third-order valence-corrected chi connectivity index (χ3v) is 3.61. The zero-order valence-electron chi connectivity index (χ0n) is 13.3.